The van der Waals surface area contributed by atoms with E-state index in [1.807, 2.05) is 36.2 Å². The van der Waals surface area contributed by atoms with E-state index in [1.165, 1.54) is 0 Å². The number of benzene rings is 1. The van der Waals surface area contributed by atoms with Crippen molar-refractivity contribution < 1.29 is 9.53 Å². The Bertz CT molecular complexity index is 846. The Morgan fingerprint density at radius 3 is 3.04 bits per heavy atom. The fraction of sp³-hybridized carbons (Fsp3) is 0.476. The summed E-state index contributed by atoms with van der Waals surface area (Å²) < 4.78 is 5.29. The van der Waals surface area contributed by atoms with Crippen LogP contribution >= 0.6 is 0 Å². The van der Waals surface area contributed by atoms with Gasteiger partial charge in [-0.3, -0.25) is 4.79 Å². The normalized spacial score (nSPS) is 19.0. The molecular formula is C21H26N4O2. The van der Waals surface area contributed by atoms with Gasteiger partial charge in [-0.05, 0) is 37.1 Å². The van der Waals surface area contributed by atoms with E-state index in [-0.39, 0.29) is 5.91 Å². The van der Waals surface area contributed by atoms with Crippen molar-refractivity contribution in [3.8, 4) is 5.75 Å². The van der Waals surface area contributed by atoms with Crippen molar-refractivity contribution in [3.63, 3.8) is 0 Å². The van der Waals surface area contributed by atoms with Crippen LogP contribution in [0.25, 0.3) is 0 Å². The number of hydrogen-bond donors (Lipinski definition) is 1. The molecule has 0 aliphatic carbocycles. The largest absolute Gasteiger partial charge is 0.496 e. The number of ether oxygens (including phenoxy) is 1. The molecule has 1 aromatic heterocycles. The van der Waals surface area contributed by atoms with Gasteiger partial charge in [0.05, 0.1) is 19.2 Å². The molecule has 1 amide bonds. The molecule has 2 aromatic rings. The molecule has 1 saturated heterocycles. The number of hydrogen-bond acceptors (Lipinski definition) is 5. The van der Waals surface area contributed by atoms with E-state index in [1.54, 1.807) is 7.11 Å². The smallest absolute Gasteiger partial charge is 0.227 e. The Kier molecular flexibility index (Phi) is 5.07. The van der Waals surface area contributed by atoms with Crippen LogP contribution in [0.4, 0.5) is 0 Å². The maximum atomic E-state index is 12.8. The summed E-state index contributed by atoms with van der Waals surface area (Å²) in [6.07, 6.45) is 4.24. The summed E-state index contributed by atoms with van der Waals surface area (Å²) in [6.45, 7) is 5.33. The molecule has 0 spiro atoms. The molecule has 6 heteroatoms. The third-order valence-electron chi connectivity index (χ3n) is 5.55. The molecule has 2 aliphatic rings. The maximum Gasteiger partial charge on any atom is 0.227 e. The van der Waals surface area contributed by atoms with Gasteiger partial charge in [-0.25, -0.2) is 9.97 Å². The van der Waals surface area contributed by atoms with E-state index >= 15 is 0 Å². The number of rotatable bonds is 4. The Hall–Kier alpha value is -2.47. The highest BCUT2D eigenvalue weighted by atomic mass is 16.5. The number of fused-ring (bicyclic) bond motifs is 1. The summed E-state index contributed by atoms with van der Waals surface area (Å²) in [7, 11) is 1.66. The lowest BCUT2D eigenvalue weighted by molar-refractivity contribution is -0.131. The molecule has 0 bridgehead atoms. The topological polar surface area (TPSA) is 67.3 Å². The highest BCUT2D eigenvalue weighted by Crippen LogP contribution is 2.24. The van der Waals surface area contributed by atoms with Crippen LogP contribution in [0, 0.1) is 6.92 Å². The predicted octanol–water partition coefficient (Wildman–Crippen LogP) is 2.00. The minimum atomic E-state index is 0.147. The van der Waals surface area contributed by atoms with Crippen LogP contribution in [0.15, 0.2) is 24.4 Å². The summed E-state index contributed by atoms with van der Waals surface area (Å²) in [4.78, 5) is 24.1. The first-order valence-electron chi connectivity index (χ1n) is 9.60. The van der Waals surface area contributed by atoms with Crippen molar-refractivity contribution in [1.82, 2.24) is 20.2 Å². The van der Waals surface area contributed by atoms with Crippen molar-refractivity contribution in [2.75, 3.05) is 26.7 Å². The van der Waals surface area contributed by atoms with Gasteiger partial charge in [-0.15, -0.1) is 0 Å². The number of carbonyl (C=O) groups is 1. The molecule has 2 aliphatic heterocycles. The van der Waals surface area contributed by atoms with Crippen LogP contribution in [0.1, 0.15) is 40.5 Å². The number of aryl methyl sites for hydroxylation is 1. The van der Waals surface area contributed by atoms with E-state index in [4.69, 9.17) is 9.72 Å². The van der Waals surface area contributed by atoms with Crippen LogP contribution in [0.5, 0.6) is 5.75 Å². The third-order valence-corrected chi connectivity index (χ3v) is 5.55. The highest BCUT2D eigenvalue weighted by molar-refractivity contribution is 5.79. The second-order valence-corrected chi connectivity index (χ2v) is 7.44. The minimum Gasteiger partial charge on any atom is -0.496 e. The van der Waals surface area contributed by atoms with Gasteiger partial charge < -0.3 is 15.0 Å². The summed E-state index contributed by atoms with van der Waals surface area (Å²) in [5, 5.41) is 3.37. The molecule has 27 heavy (non-hydrogen) atoms. The van der Waals surface area contributed by atoms with Crippen molar-refractivity contribution >= 4 is 5.91 Å². The van der Waals surface area contributed by atoms with Gasteiger partial charge in [0, 0.05) is 43.7 Å². The Morgan fingerprint density at radius 2 is 2.30 bits per heavy atom. The molecule has 0 saturated carbocycles. The fourth-order valence-corrected chi connectivity index (χ4v) is 3.95. The fourth-order valence-electron chi connectivity index (χ4n) is 3.95. The Balaban J connectivity index is 1.42. The number of nitrogens with one attached hydrogen (secondary N) is 1. The lowest BCUT2D eigenvalue weighted by atomic mass is 10.0. The second-order valence-electron chi connectivity index (χ2n) is 7.44. The molecular weight excluding hydrogens is 340 g/mol. The van der Waals surface area contributed by atoms with Crippen molar-refractivity contribution in [2.24, 2.45) is 0 Å². The van der Waals surface area contributed by atoms with Crippen molar-refractivity contribution in [3.05, 3.63) is 52.6 Å². The van der Waals surface area contributed by atoms with E-state index in [0.29, 0.717) is 18.9 Å². The van der Waals surface area contributed by atoms with Crippen molar-refractivity contribution in [2.45, 2.75) is 38.6 Å². The van der Waals surface area contributed by atoms with Crippen LogP contribution in [0.3, 0.4) is 0 Å². The van der Waals surface area contributed by atoms with Gasteiger partial charge in [0.2, 0.25) is 5.91 Å². The van der Waals surface area contributed by atoms with Gasteiger partial charge in [-0.2, -0.15) is 0 Å². The zero-order valence-electron chi connectivity index (χ0n) is 16.0. The standard InChI is InChI=1S/C21H26N4O2/c1-14-9-15(3-4-19(14)27-2)10-20(26)25-8-6-18-17(13-25)12-23-21(24-18)16-5-7-22-11-16/h3-4,9,12,16,22H,5-8,10-11,13H2,1-2H3/t16-/m1/s1. The number of nitrogens with zero attached hydrogens (tertiary/aromatic N) is 3. The predicted molar refractivity (Wildman–Crippen MR) is 103 cm³/mol. The second kappa shape index (κ2) is 7.64. The first-order valence-corrected chi connectivity index (χ1v) is 9.60. The molecule has 6 nitrogen and oxygen atoms in total. The molecule has 142 valence electrons. The molecule has 1 fully saturated rings. The molecule has 4 rings (SSSR count). The lowest BCUT2D eigenvalue weighted by Gasteiger charge is -2.28. The zero-order chi connectivity index (χ0) is 18.8. The first-order chi connectivity index (χ1) is 13.1. The summed E-state index contributed by atoms with van der Waals surface area (Å²) in [6, 6.07) is 5.92. The SMILES string of the molecule is COc1ccc(CC(=O)N2CCc3nc([C@@H]4CCNC4)ncc3C2)cc1C. The highest BCUT2D eigenvalue weighted by Gasteiger charge is 2.25. The van der Waals surface area contributed by atoms with E-state index in [2.05, 4.69) is 10.3 Å². The number of aromatic nitrogens is 2. The van der Waals surface area contributed by atoms with Crippen LogP contribution in [-0.4, -0.2) is 47.5 Å². The number of carbonyl (C=O) groups excluding carboxylic acids is 1. The third kappa shape index (κ3) is 3.81. The molecule has 3 heterocycles. The van der Waals surface area contributed by atoms with E-state index < -0.39 is 0 Å². The average Bonchev–Trinajstić information content (AvgIpc) is 3.22. The molecule has 1 atom stereocenters. The number of methoxy groups -OCH3 is 1. The molecule has 1 aromatic carbocycles. The quantitative estimate of drug-likeness (QED) is 0.896. The lowest BCUT2D eigenvalue weighted by Crippen LogP contribution is -2.37. The van der Waals surface area contributed by atoms with E-state index in [0.717, 1.165) is 66.4 Å². The number of amides is 1. The van der Waals surface area contributed by atoms with E-state index in [9.17, 15) is 4.79 Å². The molecule has 1 N–H and O–H groups in total. The summed E-state index contributed by atoms with van der Waals surface area (Å²) >= 11 is 0. The van der Waals surface area contributed by atoms with Crippen LogP contribution in [-0.2, 0) is 24.2 Å². The monoisotopic (exact) mass is 366 g/mol. The van der Waals surface area contributed by atoms with Gasteiger partial charge in [-0.1, -0.05) is 12.1 Å². The van der Waals surface area contributed by atoms with Crippen molar-refractivity contribution in [1.29, 1.82) is 0 Å². The van der Waals surface area contributed by atoms with Crippen LogP contribution in [0.2, 0.25) is 0 Å². The van der Waals surface area contributed by atoms with Gasteiger partial charge >= 0.3 is 0 Å². The molecule has 0 radical (unpaired) electrons. The molecule has 0 unspecified atom stereocenters. The van der Waals surface area contributed by atoms with Gasteiger partial charge in [0.25, 0.3) is 0 Å². The Labute approximate surface area is 160 Å². The average molecular weight is 366 g/mol. The van der Waals surface area contributed by atoms with Crippen LogP contribution < -0.4 is 10.1 Å². The van der Waals surface area contributed by atoms with Gasteiger partial charge in [0.1, 0.15) is 11.6 Å². The first kappa shape index (κ1) is 17.9. The maximum absolute atomic E-state index is 12.8. The zero-order valence-corrected chi connectivity index (χ0v) is 16.0. The minimum absolute atomic E-state index is 0.147. The summed E-state index contributed by atoms with van der Waals surface area (Å²) in [5.74, 6) is 2.37. The van der Waals surface area contributed by atoms with Gasteiger partial charge in [0.15, 0.2) is 0 Å². The summed E-state index contributed by atoms with van der Waals surface area (Å²) in [5.41, 5.74) is 4.25. The Morgan fingerprint density at radius 1 is 1.41 bits per heavy atom.